The van der Waals surface area contributed by atoms with Gasteiger partial charge in [-0.25, -0.2) is 0 Å². The molecule has 0 amide bonds. The van der Waals surface area contributed by atoms with Gasteiger partial charge in [-0.1, -0.05) is 0 Å². The number of anilines is 2. The lowest BCUT2D eigenvalue weighted by Crippen LogP contribution is -2.08. The standard InChI is InChI=1S/C10H15N5OS/c1-6(2)16-8-9(11)15-17-10(8)12-3-7-4-13-14-5-7/h4-6,12H,3H2,1-2H3,(H2,11,15)(H,13,14). The predicted molar refractivity (Wildman–Crippen MR) is 68.2 cm³/mol. The van der Waals surface area contributed by atoms with Gasteiger partial charge in [-0.2, -0.15) is 9.47 Å². The minimum absolute atomic E-state index is 0.0724. The number of aromatic amines is 1. The number of nitrogens with one attached hydrogen (secondary N) is 2. The number of nitrogens with zero attached hydrogens (tertiary/aromatic N) is 2. The van der Waals surface area contributed by atoms with Crippen molar-refractivity contribution in [2.45, 2.75) is 26.5 Å². The lowest BCUT2D eigenvalue weighted by molar-refractivity contribution is 0.245. The average molecular weight is 253 g/mol. The van der Waals surface area contributed by atoms with Crippen LogP contribution in [-0.2, 0) is 6.54 Å². The van der Waals surface area contributed by atoms with Crippen molar-refractivity contribution in [3.8, 4) is 5.75 Å². The summed E-state index contributed by atoms with van der Waals surface area (Å²) < 4.78 is 9.70. The van der Waals surface area contributed by atoms with Crippen molar-refractivity contribution in [3.05, 3.63) is 18.0 Å². The van der Waals surface area contributed by atoms with Gasteiger partial charge in [0.1, 0.15) is 0 Å². The van der Waals surface area contributed by atoms with Crippen LogP contribution in [-0.4, -0.2) is 20.7 Å². The molecule has 2 rings (SSSR count). The molecule has 0 aromatic carbocycles. The number of hydrogen-bond acceptors (Lipinski definition) is 6. The van der Waals surface area contributed by atoms with E-state index in [1.807, 2.05) is 20.0 Å². The van der Waals surface area contributed by atoms with E-state index in [9.17, 15) is 0 Å². The van der Waals surface area contributed by atoms with Gasteiger partial charge in [0.15, 0.2) is 16.6 Å². The Hall–Kier alpha value is -1.76. The first-order valence-corrected chi connectivity index (χ1v) is 6.07. The summed E-state index contributed by atoms with van der Waals surface area (Å²) in [6.45, 7) is 4.57. The fourth-order valence-electron chi connectivity index (χ4n) is 1.31. The highest BCUT2D eigenvalue weighted by atomic mass is 32.1. The van der Waals surface area contributed by atoms with E-state index in [2.05, 4.69) is 19.9 Å². The summed E-state index contributed by atoms with van der Waals surface area (Å²) in [5.74, 6) is 1.06. The number of rotatable bonds is 5. The largest absolute Gasteiger partial charge is 0.484 e. The third-order valence-corrected chi connectivity index (χ3v) is 2.84. The Kier molecular flexibility index (Phi) is 3.48. The molecule has 4 N–H and O–H groups in total. The second kappa shape index (κ2) is 5.05. The number of nitrogen functional groups attached to an aromatic ring is 1. The van der Waals surface area contributed by atoms with Crippen molar-refractivity contribution in [1.29, 1.82) is 0 Å². The van der Waals surface area contributed by atoms with Crippen LogP contribution in [0.5, 0.6) is 5.75 Å². The molecule has 92 valence electrons. The lowest BCUT2D eigenvalue weighted by atomic mass is 10.3. The third kappa shape index (κ3) is 2.88. The van der Waals surface area contributed by atoms with Crippen molar-refractivity contribution < 1.29 is 4.74 Å². The molecule has 0 spiro atoms. The molecular weight excluding hydrogens is 238 g/mol. The van der Waals surface area contributed by atoms with Crippen LogP contribution in [0.15, 0.2) is 12.4 Å². The van der Waals surface area contributed by atoms with E-state index in [0.29, 0.717) is 18.1 Å². The number of H-pyrrole nitrogens is 1. The topological polar surface area (TPSA) is 88.8 Å². The molecule has 2 aromatic rings. The Morgan fingerprint density at radius 3 is 3.06 bits per heavy atom. The van der Waals surface area contributed by atoms with Gasteiger partial charge < -0.3 is 15.8 Å². The van der Waals surface area contributed by atoms with E-state index in [1.54, 1.807) is 6.20 Å². The van der Waals surface area contributed by atoms with E-state index in [4.69, 9.17) is 10.5 Å². The molecule has 0 aliphatic rings. The van der Waals surface area contributed by atoms with Gasteiger partial charge in [0.25, 0.3) is 0 Å². The van der Waals surface area contributed by atoms with Crippen molar-refractivity contribution in [2.24, 2.45) is 0 Å². The summed E-state index contributed by atoms with van der Waals surface area (Å²) in [7, 11) is 0. The van der Waals surface area contributed by atoms with Crippen molar-refractivity contribution in [1.82, 2.24) is 14.6 Å². The van der Waals surface area contributed by atoms with Crippen molar-refractivity contribution in [2.75, 3.05) is 11.1 Å². The molecule has 0 saturated heterocycles. The molecule has 6 nitrogen and oxygen atoms in total. The predicted octanol–water partition coefficient (Wildman–Crippen LogP) is 1.85. The first kappa shape index (κ1) is 11.7. The number of nitrogens with two attached hydrogens (primary N) is 1. The first-order valence-electron chi connectivity index (χ1n) is 5.30. The minimum Gasteiger partial charge on any atom is -0.484 e. The quantitative estimate of drug-likeness (QED) is 0.756. The Morgan fingerprint density at radius 2 is 2.41 bits per heavy atom. The van der Waals surface area contributed by atoms with Crippen LogP contribution in [0.4, 0.5) is 10.8 Å². The number of hydrogen-bond donors (Lipinski definition) is 3. The maximum atomic E-state index is 5.75. The van der Waals surface area contributed by atoms with E-state index < -0.39 is 0 Å². The SMILES string of the molecule is CC(C)Oc1c(N)nsc1NCc1cn[nH]c1. The Bertz CT molecular complexity index is 465. The first-order chi connectivity index (χ1) is 8.16. The summed E-state index contributed by atoms with van der Waals surface area (Å²) in [6.07, 6.45) is 3.67. The molecule has 0 aliphatic heterocycles. The highest BCUT2D eigenvalue weighted by Gasteiger charge is 2.14. The van der Waals surface area contributed by atoms with Crippen LogP contribution in [0.25, 0.3) is 0 Å². The molecule has 0 aliphatic carbocycles. The Morgan fingerprint density at radius 1 is 1.59 bits per heavy atom. The highest BCUT2D eigenvalue weighted by molar-refractivity contribution is 7.11. The zero-order valence-corrected chi connectivity index (χ0v) is 10.5. The van der Waals surface area contributed by atoms with E-state index in [1.165, 1.54) is 11.5 Å². The second-order valence-corrected chi connectivity index (χ2v) is 4.63. The Balaban J connectivity index is 2.05. The van der Waals surface area contributed by atoms with Crippen LogP contribution >= 0.6 is 11.5 Å². The van der Waals surface area contributed by atoms with Gasteiger partial charge in [0, 0.05) is 18.3 Å². The highest BCUT2D eigenvalue weighted by Crippen LogP contribution is 2.36. The van der Waals surface area contributed by atoms with E-state index >= 15 is 0 Å². The molecule has 0 unspecified atom stereocenters. The zero-order valence-electron chi connectivity index (χ0n) is 9.73. The fourth-order valence-corrected chi connectivity index (χ4v) is 1.96. The van der Waals surface area contributed by atoms with Gasteiger partial charge in [0.2, 0.25) is 0 Å². The van der Waals surface area contributed by atoms with Gasteiger partial charge in [-0.3, -0.25) is 5.10 Å². The summed E-state index contributed by atoms with van der Waals surface area (Å²) in [5.41, 5.74) is 6.82. The molecule has 2 heterocycles. The van der Waals surface area contributed by atoms with Crippen LogP contribution < -0.4 is 15.8 Å². The molecule has 0 radical (unpaired) electrons. The molecule has 0 fully saturated rings. The maximum absolute atomic E-state index is 5.75. The fraction of sp³-hybridized carbons (Fsp3) is 0.400. The van der Waals surface area contributed by atoms with Gasteiger partial charge in [-0.15, -0.1) is 0 Å². The van der Waals surface area contributed by atoms with Crippen LogP contribution in [0, 0.1) is 0 Å². The van der Waals surface area contributed by atoms with Crippen molar-refractivity contribution in [3.63, 3.8) is 0 Å². The van der Waals surface area contributed by atoms with E-state index in [-0.39, 0.29) is 6.10 Å². The van der Waals surface area contributed by atoms with Crippen LogP contribution in [0.2, 0.25) is 0 Å². The maximum Gasteiger partial charge on any atom is 0.197 e. The van der Waals surface area contributed by atoms with Crippen LogP contribution in [0.1, 0.15) is 19.4 Å². The molecule has 0 atom stereocenters. The summed E-state index contributed by atoms with van der Waals surface area (Å²) in [5, 5.41) is 10.7. The van der Waals surface area contributed by atoms with Crippen molar-refractivity contribution >= 4 is 22.4 Å². The summed E-state index contributed by atoms with van der Waals surface area (Å²) >= 11 is 1.30. The summed E-state index contributed by atoms with van der Waals surface area (Å²) in [4.78, 5) is 0. The second-order valence-electron chi connectivity index (χ2n) is 3.85. The van der Waals surface area contributed by atoms with Gasteiger partial charge in [-0.05, 0) is 25.4 Å². The molecule has 7 heteroatoms. The minimum atomic E-state index is 0.0724. The Labute approximate surface area is 103 Å². The number of aromatic nitrogens is 3. The smallest absolute Gasteiger partial charge is 0.197 e. The van der Waals surface area contributed by atoms with E-state index in [0.717, 1.165) is 10.6 Å². The number of ether oxygens (including phenoxy) is 1. The zero-order chi connectivity index (χ0) is 12.3. The molecule has 0 saturated carbocycles. The normalized spacial score (nSPS) is 10.8. The van der Waals surface area contributed by atoms with Gasteiger partial charge >= 0.3 is 0 Å². The molecule has 17 heavy (non-hydrogen) atoms. The molecule has 2 aromatic heterocycles. The molecular formula is C10H15N5OS. The van der Waals surface area contributed by atoms with Gasteiger partial charge in [0.05, 0.1) is 12.3 Å². The molecule has 0 bridgehead atoms. The third-order valence-electron chi connectivity index (χ3n) is 2.04. The monoisotopic (exact) mass is 253 g/mol. The lowest BCUT2D eigenvalue weighted by Gasteiger charge is -2.11. The average Bonchev–Trinajstić information content (AvgIpc) is 2.88. The summed E-state index contributed by atoms with van der Waals surface area (Å²) in [6, 6.07) is 0. The van der Waals surface area contributed by atoms with Crippen LogP contribution in [0.3, 0.4) is 0 Å².